The van der Waals surface area contributed by atoms with Gasteiger partial charge in [-0.25, -0.2) is 0 Å². The lowest BCUT2D eigenvalue weighted by Crippen LogP contribution is -2.49. The fourth-order valence-corrected chi connectivity index (χ4v) is 3.85. The van der Waals surface area contributed by atoms with E-state index in [2.05, 4.69) is 33.0 Å². The van der Waals surface area contributed by atoms with E-state index in [-0.39, 0.29) is 11.1 Å². The lowest BCUT2D eigenvalue weighted by molar-refractivity contribution is -0.109. The summed E-state index contributed by atoms with van der Waals surface area (Å²) in [5.74, 6) is 0.905. The Balaban J connectivity index is 1.91. The minimum atomic E-state index is 0.133. The fourth-order valence-electron chi connectivity index (χ4n) is 3.85. The van der Waals surface area contributed by atoms with E-state index < -0.39 is 0 Å². The number of ether oxygens (including phenoxy) is 1. The maximum absolute atomic E-state index is 6.70. The first-order valence-corrected chi connectivity index (χ1v) is 8.85. The van der Waals surface area contributed by atoms with Crippen LogP contribution in [0.2, 0.25) is 0 Å². The predicted octanol–water partition coefficient (Wildman–Crippen LogP) is 4.67. The van der Waals surface area contributed by atoms with E-state index in [0.29, 0.717) is 6.10 Å². The van der Waals surface area contributed by atoms with Crippen LogP contribution in [0.4, 0.5) is 0 Å². The minimum absolute atomic E-state index is 0.133. The lowest BCUT2D eigenvalue weighted by Gasteiger charge is -2.39. The van der Waals surface area contributed by atoms with E-state index in [1.165, 1.54) is 57.8 Å². The van der Waals surface area contributed by atoms with E-state index in [1.807, 2.05) is 0 Å². The van der Waals surface area contributed by atoms with Crippen LogP contribution in [0.25, 0.3) is 0 Å². The molecule has 0 amide bonds. The number of rotatable bonds is 5. The van der Waals surface area contributed by atoms with Crippen LogP contribution in [-0.4, -0.2) is 23.8 Å². The van der Waals surface area contributed by atoms with Crippen molar-refractivity contribution in [2.24, 2.45) is 5.92 Å². The Labute approximate surface area is 126 Å². The van der Waals surface area contributed by atoms with Gasteiger partial charge in [-0.05, 0) is 52.4 Å². The Hall–Kier alpha value is -0.0800. The molecule has 2 aliphatic rings. The molecule has 0 aliphatic heterocycles. The largest absolute Gasteiger partial charge is 0.370 e. The zero-order valence-electron chi connectivity index (χ0n) is 14.1. The molecular weight excluding hydrogens is 246 g/mol. The Morgan fingerprint density at radius 3 is 2.40 bits per heavy atom. The summed E-state index contributed by atoms with van der Waals surface area (Å²) in [4.78, 5) is 0. The molecule has 0 bridgehead atoms. The van der Waals surface area contributed by atoms with Crippen molar-refractivity contribution in [3.05, 3.63) is 0 Å². The first-order chi connectivity index (χ1) is 9.42. The van der Waals surface area contributed by atoms with Crippen molar-refractivity contribution in [3.63, 3.8) is 0 Å². The molecule has 2 heteroatoms. The molecule has 2 saturated carbocycles. The number of hydrogen-bond donors (Lipinski definition) is 1. The highest BCUT2D eigenvalue weighted by Gasteiger charge is 2.38. The van der Waals surface area contributed by atoms with Crippen molar-refractivity contribution in [1.82, 2.24) is 5.32 Å². The molecule has 0 aromatic rings. The maximum Gasteiger partial charge on any atom is 0.0810 e. The third-order valence-electron chi connectivity index (χ3n) is 5.18. The van der Waals surface area contributed by atoms with Crippen LogP contribution in [0.15, 0.2) is 0 Å². The minimum Gasteiger partial charge on any atom is -0.370 e. The van der Waals surface area contributed by atoms with Crippen molar-refractivity contribution in [2.75, 3.05) is 6.54 Å². The van der Waals surface area contributed by atoms with Crippen LogP contribution in [0.3, 0.4) is 0 Å². The molecule has 2 atom stereocenters. The second-order valence-corrected chi connectivity index (χ2v) is 8.17. The van der Waals surface area contributed by atoms with Crippen molar-refractivity contribution in [3.8, 4) is 0 Å². The lowest BCUT2D eigenvalue weighted by atomic mass is 9.85. The summed E-state index contributed by atoms with van der Waals surface area (Å²) < 4.78 is 6.70. The summed E-state index contributed by atoms with van der Waals surface area (Å²) in [6.07, 6.45) is 12.4. The summed E-state index contributed by atoms with van der Waals surface area (Å²) in [6.45, 7) is 10.1. The Morgan fingerprint density at radius 1 is 1.10 bits per heavy atom. The van der Waals surface area contributed by atoms with Crippen LogP contribution in [0, 0.1) is 5.92 Å². The van der Waals surface area contributed by atoms with Gasteiger partial charge in [-0.15, -0.1) is 0 Å². The Bertz CT molecular complexity index is 288. The smallest absolute Gasteiger partial charge is 0.0810 e. The molecule has 0 aromatic heterocycles. The molecule has 0 aromatic carbocycles. The fraction of sp³-hybridized carbons (Fsp3) is 1.00. The summed E-state index contributed by atoms with van der Waals surface area (Å²) in [5, 5.41) is 3.69. The summed E-state index contributed by atoms with van der Waals surface area (Å²) >= 11 is 0. The van der Waals surface area contributed by atoms with Crippen LogP contribution in [0.5, 0.6) is 0 Å². The molecule has 2 rings (SSSR count). The van der Waals surface area contributed by atoms with Crippen LogP contribution < -0.4 is 5.32 Å². The van der Waals surface area contributed by atoms with Gasteiger partial charge in [0.2, 0.25) is 0 Å². The van der Waals surface area contributed by atoms with Gasteiger partial charge in [0.05, 0.1) is 11.7 Å². The SMILES string of the molecule is CCC1CCCC(OC2(CNC(C)(C)C)CCCC2)C1. The van der Waals surface area contributed by atoms with Crippen LogP contribution >= 0.6 is 0 Å². The van der Waals surface area contributed by atoms with E-state index >= 15 is 0 Å². The van der Waals surface area contributed by atoms with Gasteiger partial charge in [0.1, 0.15) is 0 Å². The zero-order valence-corrected chi connectivity index (χ0v) is 14.1. The molecule has 20 heavy (non-hydrogen) atoms. The van der Waals surface area contributed by atoms with E-state index in [1.54, 1.807) is 0 Å². The molecule has 118 valence electrons. The predicted molar refractivity (Wildman–Crippen MR) is 86.1 cm³/mol. The molecule has 0 heterocycles. The Morgan fingerprint density at radius 2 is 1.80 bits per heavy atom. The van der Waals surface area contributed by atoms with Crippen molar-refractivity contribution < 1.29 is 4.74 Å². The van der Waals surface area contributed by atoms with Crippen molar-refractivity contribution in [1.29, 1.82) is 0 Å². The molecule has 1 N–H and O–H groups in total. The first-order valence-electron chi connectivity index (χ1n) is 8.85. The van der Waals surface area contributed by atoms with Gasteiger partial charge in [-0.2, -0.15) is 0 Å². The third kappa shape index (κ3) is 4.73. The second-order valence-electron chi connectivity index (χ2n) is 8.17. The molecule has 2 fully saturated rings. The standard InChI is InChI=1S/C18H35NO/c1-5-15-9-8-10-16(13-15)20-18(11-6-7-12-18)14-19-17(2,3)4/h15-16,19H,5-14H2,1-4H3. The highest BCUT2D eigenvalue weighted by molar-refractivity contribution is 4.92. The molecule has 0 radical (unpaired) electrons. The van der Waals surface area contributed by atoms with Gasteiger partial charge in [0.15, 0.2) is 0 Å². The van der Waals surface area contributed by atoms with Crippen molar-refractivity contribution >= 4 is 0 Å². The van der Waals surface area contributed by atoms with Gasteiger partial charge in [0.25, 0.3) is 0 Å². The molecular formula is C18H35NO. The molecule has 2 nitrogen and oxygen atoms in total. The molecule has 0 spiro atoms. The van der Waals surface area contributed by atoms with Gasteiger partial charge in [0, 0.05) is 12.1 Å². The van der Waals surface area contributed by atoms with E-state index in [9.17, 15) is 0 Å². The maximum atomic E-state index is 6.70. The van der Waals surface area contributed by atoms with Crippen LogP contribution in [-0.2, 0) is 4.74 Å². The van der Waals surface area contributed by atoms with E-state index in [4.69, 9.17) is 4.74 Å². The Kier molecular flexibility index (Phi) is 5.53. The zero-order chi connectivity index (χ0) is 14.6. The second kappa shape index (κ2) is 6.79. The number of nitrogens with one attached hydrogen (secondary N) is 1. The topological polar surface area (TPSA) is 21.3 Å². The average Bonchev–Trinajstić information content (AvgIpc) is 2.85. The first kappa shape index (κ1) is 16.3. The third-order valence-corrected chi connectivity index (χ3v) is 5.18. The van der Waals surface area contributed by atoms with Gasteiger partial charge in [-0.3, -0.25) is 0 Å². The summed E-state index contributed by atoms with van der Waals surface area (Å²) in [5.41, 5.74) is 0.324. The average molecular weight is 281 g/mol. The van der Waals surface area contributed by atoms with E-state index in [0.717, 1.165) is 12.5 Å². The van der Waals surface area contributed by atoms with Crippen molar-refractivity contribution in [2.45, 2.75) is 103 Å². The highest BCUT2D eigenvalue weighted by atomic mass is 16.5. The number of hydrogen-bond acceptors (Lipinski definition) is 2. The highest BCUT2D eigenvalue weighted by Crippen LogP contribution is 2.38. The quantitative estimate of drug-likeness (QED) is 0.790. The molecule has 2 aliphatic carbocycles. The monoisotopic (exact) mass is 281 g/mol. The normalized spacial score (nSPS) is 30.6. The summed E-state index contributed by atoms with van der Waals surface area (Å²) in [7, 11) is 0. The van der Waals surface area contributed by atoms with Gasteiger partial charge < -0.3 is 10.1 Å². The van der Waals surface area contributed by atoms with Gasteiger partial charge >= 0.3 is 0 Å². The van der Waals surface area contributed by atoms with Gasteiger partial charge in [-0.1, -0.05) is 39.0 Å². The van der Waals surface area contributed by atoms with Crippen LogP contribution in [0.1, 0.15) is 85.5 Å². The summed E-state index contributed by atoms with van der Waals surface area (Å²) in [6, 6.07) is 0. The molecule has 0 saturated heterocycles. The molecule has 2 unspecified atom stereocenters.